The van der Waals surface area contributed by atoms with Gasteiger partial charge in [-0.05, 0) is 35.4 Å². The second-order valence-electron chi connectivity index (χ2n) is 5.45. The molecule has 0 heterocycles. The van der Waals surface area contributed by atoms with Crippen molar-refractivity contribution in [2.45, 2.75) is 6.42 Å². The van der Waals surface area contributed by atoms with Crippen LogP contribution in [0.25, 0.3) is 11.1 Å². The van der Waals surface area contributed by atoms with Crippen LogP contribution in [0.1, 0.15) is 5.56 Å². The maximum absolute atomic E-state index is 9.04. The van der Waals surface area contributed by atoms with E-state index in [4.69, 9.17) is 29.5 Å². The summed E-state index contributed by atoms with van der Waals surface area (Å²) in [4.78, 5) is 0. The second kappa shape index (κ2) is 11.5. The first kappa shape index (κ1) is 20.2. The van der Waals surface area contributed by atoms with Gasteiger partial charge < -0.3 is 29.5 Å². The number of aliphatic hydroxyl groups is 3. The Morgan fingerprint density at radius 3 is 2.15 bits per heavy atom. The van der Waals surface area contributed by atoms with Gasteiger partial charge in [0, 0.05) is 12.0 Å². The fourth-order valence-corrected chi connectivity index (χ4v) is 2.53. The van der Waals surface area contributed by atoms with E-state index in [1.807, 2.05) is 30.3 Å². The van der Waals surface area contributed by atoms with Crippen molar-refractivity contribution < 1.29 is 29.5 Å². The van der Waals surface area contributed by atoms with E-state index in [1.165, 1.54) is 0 Å². The number of hydrogen-bond acceptors (Lipinski definition) is 6. The van der Waals surface area contributed by atoms with Crippen molar-refractivity contribution in [2.24, 2.45) is 0 Å². The molecule has 2 aromatic carbocycles. The molecule has 6 nitrogen and oxygen atoms in total. The Morgan fingerprint density at radius 2 is 1.46 bits per heavy atom. The van der Waals surface area contributed by atoms with Crippen LogP contribution in [-0.2, 0) is 11.2 Å². The Hall–Kier alpha value is -2.12. The lowest BCUT2D eigenvalue weighted by atomic mass is 9.97. The molecule has 0 bridgehead atoms. The molecule has 6 heteroatoms. The topological polar surface area (TPSA) is 88.4 Å². The van der Waals surface area contributed by atoms with E-state index >= 15 is 0 Å². The van der Waals surface area contributed by atoms with Crippen LogP contribution in [0.2, 0.25) is 0 Å². The van der Waals surface area contributed by atoms with E-state index in [-0.39, 0.29) is 39.6 Å². The molecule has 0 unspecified atom stereocenters. The van der Waals surface area contributed by atoms with Crippen LogP contribution < -0.4 is 9.47 Å². The van der Waals surface area contributed by atoms with Crippen LogP contribution in [0.15, 0.2) is 36.4 Å². The fraction of sp³-hybridized carbons (Fsp3) is 0.400. The third-order valence-electron chi connectivity index (χ3n) is 3.65. The summed E-state index contributed by atoms with van der Waals surface area (Å²) < 4.78 is 16.4. The van der Waals surface area contributed by atoms with Gasteiger partial charge in [0.05, 0.1) is 33.0 Å². The van der Waals surface area contributed by atoms with Gasteiger partial charge in [0.15, 0.2) is 0 Å². The largest absolute Gasteiger partial charge is 0.491 e. The third kappa shape index (κ3) is 6.00. The van der Waals surface area contributed by atoms with Crippen LogP contribution in [0.4, 0.5) is 0 Å². The van der Waals surface area contributed by atoms with Crippen molar-refractivity contribution in [3.8, 4) is 22.6 Å². The number of ether oxygens (including phenoxy) is 3. The van der Waals surface area contributed by atoms with Gasteiger partial charge in [-0.2, -0.15) is 0 Å². The molecule has 0 saturated carbocycles. The summed E-state index contributed by atoms with van der Waals surface area (Å²) in [6.45, 7) is 1.08. The SMILES string of the molecule is OCCOCCc1c(-c2ccc(OCCO)cc2)[c]ccc1OCCO. The Balaban J connectivity index is 2.24. The molecule has 0 saturated heterocycles. The van der Waals surface area contributed by atoms with Crippen molar-refractivity contribution in [1.82, 2.24) is 0 Å². The van der Waals surface area contributed by atoms with Gasteiger partial charge in [-0.15, -0.1) is 0 Å². The van der Waals surface area contributed by atoms with Crippen molar-refractivity contribution in [3.63, 3.8) is 0 Å². The molecule has 0 aliphatic heterocycles. The van der Waals surface area contributed by atoms with Crippen molar-refractivity contribution in [3.05, 3.63) is 48.0 Å². The molecule has 1 radical (unpaired) electrons. The van der Waals surface area contributed by atoms with Crippen molar-refractivity contribution >= 4 is 0 Å². The zero-order valence-electron chi connectivity index (χ0n) is 14.7. The van der Waals surface area contributed by atoms with Gasteiger partial charge in [-0.3, -0.25) is 0 Å². The zero-order chi connectivity index (χ0) is 18.6. The van der Waals surface area contributed by atoms with Gasteiger partial charge in [-0.25, -0.2) is 0 Å². The minimum absolute atomic E-state index is 0.0169. The lowest BCUT2D eigenvalue weighted by Crippen LogP contribution is -2.08. The Labute approximate surface area is 153 Å². The summed E-state index contributed by atoms with van der Waals surface area (Å²) in [5.74, 6) is 1.37. The molecular formula is C20H25O6. The molecule has 26 heavy (non-hydrogen) atoms. The maximum Gasteiger partial charge on any atom is 0.123 e. The number of rotatable bonds is 12. The zero-order valence-corrected chi connectivity index (χ0v) is 14.7. The van der Waals surface area contributed by atoms with Gasteiger partial charge in [0.1, 0.15) is 24.7 Å². The highest BCUT2D eigenvalue weighted by Gasteiger charge is 2.12. The third-order valence-corrected chi connectivity index (χ3v) is 3.65. The summed E-state index contributed by atoms with van der Waals surface area (Å²) in [5.41, 5.74) is 2.78. The molecule has 0 atom stereocenters. The highest BCUT2D eigenvalue weighted by molar-refractivity contribution is 5.70. The Morgan fingerprint density at radius 1 is 0.769 bits per heavy atom. The molecule has 0 spiro atoms. The first-order valence-electron chi connectivity index (χ1n) is 8.60. The van der Waals surface area contributed by atoms with E-state index in [0.29, 0.717) is 24.5 Å². The van der Waals surface area contributed by atoms with Gasteiger partial charge in [0.25, 0.3) is 0 Å². The molecular weight excluding hydrogens is 336 g/mol. The first-order chi connectivity index (χ1) is 12.8. The van der Waals surface area contributed by atoms with Crippen molar-refractivity contribution in [2.75, 3.05) is 46.2 Å². The molecule has 0 aliphatic carbocycles. The summed E-state index contributed by atoms with van der Waals surface area (Å²) >= 11 is 0. The normalized spacial score (nSPS) is 10.7. The molecule has 0 aliphatic rings. The predicted molar refractivity (Wildman–Crippen MR) is 97.5 cm³/mol. The minimum Gasteiger partial charge on any atom is -0.491 e. The minimum atomic E-state index is -0.0642. The monoisotopic (exact) mass is 361 g/mol. The number of aliphatic hydroxyl groups excluding tert-OH is 3. The van der Waals surface area contributed by atoms with Gasteiger partial charge in [0.2, 0.25) is 0 Å². The smallest absolute Gasteiger partial charge is 0.123 e. The lowest BCUT2D eigenvalue weighted by Gasteiger charge is -2.16. The van der Waals surface area contributed by atoms with Crippen LogP contribution in [0, 0.1) is 6.07 Å². The van der Waals surface area contributed by atoms with E-state index in [0.717, 1.165) is 16.7 Å². The average molecular weight is 361 g/mol. The molecule has 2 aromatic rings. The lowest BCUT2D eigenvalue weighted by molar-refractivity contribution is 0.0940. The van der Waals surface area contributed by atoms with Crippen LogP contribution in [0.3, 0.4) is 0 Å². The predicted octanol–water partition coefficient (Wildman–Crippen LogP) is 1.45. The van der Waals surface area contributed by atoms with E-state index < -0.39 is 0 Å². The second-order valence-corrected chi connectivity index (χ2v) is 5.45. The van der Waals surface area contributed by atoms with E-state index in [9.17, 15) is 0 Å². The first-order valence-corrected chi connectivity index (χ1v) is 8.60. The summed E-state index contributed by atoms with van der Waals surface area (Å²) in [5, 5.41) is 26.7. The number of hydrogen-bond donors (Lipinski definition) is 3. The van der Waals surface area contributed by atoms with Gasteiger partial charge >= 0.3 is 0 Å². The highest BCUT2D eigenvalue weighted by Crippen LogP contribution is 2.32. The molecule has 3 N–H and O–H groups in total. The Kier molecular flexibility index (Phi) is 8.92. The van der Waals surface area contributed by atoms with Crippen molar-refractivity contribution in [1.29, 1.82) is 0 Å². The van der Waals surface area contributed by atoms with E-state index in [1.54, 1.807) is 6.07 Å². The van der Waals surface area contributed by atoms with Crippen LogP contribution >= 0.6 is 0 Å². The quantitative estimate of drug-likeness (QED) is 0.496. The summed E-state index contributed by atoms with van der Waals surface area (Å²) in [6.07, 6.45) is 0.593. The standard InChI is InChI=1S/C20H25O6/c21-9-13-24-12-8-19-18(2-1-3-20(19)26-15-11-23)16-4-6-17(7-5-16)25-14-10-22/h1,3-7,21-23H,8-15H2. The molecule has 0 fully saturated rings. The van der Waals surface area contributed by atoms with Crippen LogP contribution in [0.5, 0.6) is 11.5 Å². The molecule has 2 rings (SSSR count). The van der Waals surface area contributed by atoms with Gasteiger partial charge in [-0.1, -0.05) is 18.2 Å². The fourth-order valence-electron chi connectivity index (χ4n) is 2.53. The molecule has 0 aromatic heterocycles. The number of benzene rings is 2. The summed E-state index contributed by atoms with van der Waals surface area (Å²) in [7, 11) is 0. The molecule has 141 valence electrons. The highest BCUT2D eigenvalue weighted by atomic mass is 16.5. The van der Waals surface area contributed by atoms with E-state index in [2.05, 4.69) is 6.07 Å². The molecule has 0 amide bonds. The van der Waals surface area contributed by atoms with Crippen LogP contribution in [-0.4, -0.2) is 61.6 Å². The maximum atomic E-state index is 9.04. The Bertz CT molecular complexity index is 641. The summed E-state index contributed by atoms with van der Waals surface area (Å²) in [6, 6.07) is 14.4. The average Bonchev–Trinajstić information content (AvgIpc) is 2.69.